The van der Waals surface area contributed by atoms with Gasteiger partial charge in [0.25, 0.3) is 0 Å². The van der Waals surface area contributed by atoms with Crippen LogP contribution in [-0.4, -0.2) is 37.4 Å². The Morgan fingerprint density at radius 2 is 2.20 bits per heavy atom. The molecule has 1 aromatic carbocycles. The third kappa shape index (κ3) is 3.97. The van der Waals surface area contributed by atoms with Crippen LogP contribution in [0.3, 0.4) is 0 Å². The van der Waals surface area contributed by atoms with Crippen molar-refractivity contribution < 1.29 is 9.53 Å². The van der Waals surface area contributed by atoms with Crippen molar-refractivity contribution in [3.8, 4) is 5.75 Å². The van der Waals surface area contributed by atoms with E-state index in [4.69, 9.17) is 16.3 Å². The van der Waals surface area contributed by atoms with E-state index in [2.05, 4.69) is 11.8 Å². The van der Waals surface area contributed by atoms with Gasteiger partial charge in [-0.3, -0.25) is 9.69 Å². The van der Waals surface area contributed by atoms with Crippen LogP contribution in [0.15, 0.2) is 18.2 Å². The van der Waals surface area contributed by atoms with Crippen molar-refractivity contribution in [2.24, 2.45) is 5.92 Å². The maximum absolute atomic E-state index is 12.3. The average molecular weight is 296 g/mol. The molecule has 1 aliphatic rings. The number of nitrogens with zero attached hydrogens (tertiary/aromatic N) is 1. The van der Waals surface area contributed by atoms with E-state index >= 15 is 0 Å². The molecule has 0 amide bonds. The summed E-state index contributed by atoms with van der Waals surface area (Å²) in [5.41, 5.74) is 0.660. The second-order valence-electron chi connectivity index (χ2n) is 5.58. The summed E-state index contributed by atoms with van der Waals surface area (Å²) in [6.07, 6.45) is 3.62. The predicted molar refractivity (Wildman–Crippen MR) is 81.8 cm³/mol. The lowest BCUT2D eigenvalue weighted by Gasteiger charge is -2.19. The molecule has 3 nitrogen and oxygen atoms in total. The second kappa shape index (κ2) is 7.09. The fourth-order valence-electron chi connectivity index (χ4n) is 2.61. The van der Waals surface area contributed by atoms with Crippen LogP contribution in [0.25, 0.3) is 0 Å². The van der Waals surface area contributed by atoms with Gasteiger partial charge in [0.2, 0.25) is 0 Å². The van der Waals surface area contributed by atoms with Crippen molar-refractivity contribution in [1.29, 1.82) is 0 Å². The number of hydrogen-bond donors (Lipinski definition) is 0. The predicted octanol–water partition coefficient (Wildman–Crippen LogP) is 3.65. The molecule has 0 bridgehead atoms. The van der Waals surface area contributed by atoms with Gasteiger partial charge in [-0.1, -0.05) is 18.5 Å². The number of ketones is 1. The van der Waals surface area contributed by atoms with Gasteiger partial charge in [0.1, 0.15) is 5.75 Å². The van der Waals surface area contributed by atoms with Gasteiger partial charge in [0.15, 0.2) is 5.78 Å². The Balaban J connectivity index is 1.99. The summed E-state index contributed by atoms with van der Waals surface area (Å²) in [4.78, 5) is 14.6. The van der Waals surface area contributed by atoms with Gasteiger partial charge in [-0.15, -0.1) is 0 Å². The van der Waals surface area contributed by atoms with Gasteiger partial charge in [-0.2, -0.15) is 0 Å². The summed E-state index contributed by atoms with van der Waals surface area (Å²) >= 11 is 6.07. The van der Waals surface area contributed by atoms with E-state index in [0.717, 1.165) is 19.0 Å². The van der Waals surface area contributed by atoms with Gasteiger partial charge in [0, 0.05) is 5.56 Å². The van der Waals surface area contributed by atoms with Crippen molar-refractivity contribution in [3.05, 3.63) is 28.8 Å². The van der Waals surface area contributed by atoms with E-state index < -0.39 is 0 Å². The fourth-order valence-corrected chi connectivity index (χ4v) is 2.87. The molecule has 0 aliphatic carbocycles. The molecule has 1 heterocycles. The van der Waals surface area contributed by atoms with E-state index in [9.17, 15) is 4.79 Å². The summed E-state index contributed by atoms with van der Waals surface area (Å²) in [6, 6.07) is 5.23. The first-order valence-electron chi connectivity index (χ1n) is 7.19. The SMILES string of the molecule is COc1ccc(C(=O)CN2CCCC(C)CC2)cc1Cl. The molecule has 2 rings (SSSR count). The Labute approximate surface area is 125 Å². The highest BCUT2D eigenvalue weighted by atomic mass is 35.5. The fraction of sp³-hybridized carbons (Fsp3) is 0.562. The number of carbonyl (C=O) groups is 1. The molecule has 1 fully saturated rings. The minimum absolute atomic E-state index is 0.129. The van der Waals surface area contributed by atoms with Gasteiger partial charge < -0.3 is 4.74 Å². The average Bonchev–Trinajstić information content (AvgIpc) is 2.63. The summed E-state index contributed by atoms with van der Waals surface area (Å²) in [6.45, 7) is 4.79. The molecule has 1 saturated heterocycles. The van der Waals surface area contributed by atoms with Crippen molar-refractivity contribution >= 4 is 17.4 Å². The largest absolute Gasteiger partial charge is 0.495 e. The number of ether oxygens (including phenoxy) is 1. The van der Waals surface area contributed by atoms with E-state index in [-0.39, 0.29) is 5.78 Å². The van der Waals surface area contributed by atoms with E-state index in [1.807, 2.05) is 0 Å². The van der Waals surface area contributed by atoms with Crippen LogP contribution in [0.5, 0.6) is 5.75 Å². The molecule has 0 radical (unpaired) electrons. The van der Waals surface area contributed by atoms with Crippen molar-refractivity contribution in [3.63, 3.8) is 0 Å². The van der Waals surface area contributed by atoms with Crippen LogP contribution in [0.1, 0.15) is 36.5 Å². The quantitative estimate of drug-likeness (QED) is 0.794. The van der Waals surface area contributed by atoms with E-state index in [0.29, 0.717) is 22.9 Å². The standard InChI is InChI=1S/C16H22ClNO2/c1-12-4-3-8-18(9-7-12)11-15(19)13-5-6-16(20-2)14(17)10-13/h5-6,10,12H,3-4,7-9,11H2,1-2H3. The normalized spacial score (nSPS) is 20.4. The number of Topliss-reactive ketones (excluding diaryl/α,β-unsaturated/α-hetero) is 1. The molecule has 110 valence electrons. The summed E-state index contributed by atoms with van der Waals surface area (Å²) in [7, 11) is 1.57. The number of likely N-dealkylation sites (tertiary alicyclic amines) is 1. The van der Waals surface area contributed by atoms with Crippen LogP contribution in [0, 0.1) is 5.92 Å². The Morgan fingerprint density at radius 3 is 2.90 bits per heavy atom. The van der Waals surface area contributed by atoms with Crippen molar-refractivity contribution in [2.75, 3.05) is 26.7 Å². The van der Waals surface area contributed by atoms with Gasteiger partial charge in [0.05, 0.1) is 18.7 Å². The van der Waals surface area contributed by atoms with Gasteiger partial charge in [-0.25, -0.2) is 0 Å². The lowest BCUT2D eigenvalue weighted by molar-refractivity contribution is 0.0932. The first-order valence-corrected chi connectivity index (χ1v) is 7.57. The van der Waals surface area contributed by atoms with Gasteiger partial charge in [-0.05, 0) is 56.5 Å². The molecular formula is C16H22ClNO2. The second-order valence-corrected chi connectivity index (χ2v) is 5.99. The van der Waals surface area contributed by atoms with Crippen LogP contribution in [0.2, 0.25) is 5.02 Å². The molecule has 1 unspecified atom stereocenters. The number of hydrogen-bond acceptors (Lipinski definition) is 3. The Kier molecular flexibility index (Phi) is 5.44. The number of methoxy groups -OCH3 is 1. The zero-order chi connectivity index (χ0) is 14.5. The van der Waals surface area contributed by atoms with Crippen LogP contribution < -0.4 is 4.74 Å². The molecule has 20 heavy (non-hydrogen) atoms. The molecular weight excluding hydrogens is 274 g/mol. The minimum Gasteiger partial charge on any atom is -0.495 e. The summed E-state index contributed by atoms with van der Waals surface area (Å²) in [5.74, 6) is 1.50. The van der Waals surface area contributed by atoms with E-state index in [1.54, 1.807) is 25.3 Å². The number of halogens is 1. The maximum Gasteiger partial charge on any atom is 0.176 e. The first kappa shape index (κ1) is 15.3. The molecule has 0 saturated carbocycles. The minimum atomic E-state index is 0.129. The molecule has 0 N–H and O–H groups in total. The topological polar surface area (TPSA) is 29.5 Å². The third-order valence-electron chi connectivity index (χ3n) is 3.95. The Hall–Kier alpha value is -1.06. The first-order chi connectivity index (χ1) is 9.60. The highest BCUT2D eigenvalue weighted by molar-refractivity contribution is 6.32. The summed E-state index contributed by atoms with van der Waals surface area (Å²) < 4.78 is 5.10. The smallest absolute Gasteiger partial charge is 0.176 e. The van der Waals surface area contributed by atoms with Crippen molar-refractivity contribution in [1.82, 2.24) is 4.90 Å². The lowest BCUT2D eigenvalue weighted by atomic mass is 10.0. The summed E-state index contributed by atoms with van der Waals surface area (Å²) in [5, 5.41) is 0.489. The van der Waals surface area contributed by atoms with Crippen LogP contribution in [-0.2, 0) is 0 Å². The third-order valence-corrected chi connectivity index (χ3v) is 4.25. The highest BCUT2D eigenvalue weighted by Gasteiger charge is 2.17. The molecule has 1 aliphatic heterocycles. The lowest BCUT2D eigenvalue weighted by Crippen LogP contribution is -2.31. The zero-order valence-electron chi connectivity index (χ0n) is 12.2. The monoisotopic (exact) mass is 295 g/mol. The number of rotatable bonds is 4. The van der Waals surface area contributed by atoms with Crippen molar-refractivity contribution in [2.45, 2.75) is 26.2 Å². The maximum atomic E-state index is 12.3. The highest BCUT2D eigenvalue weighted by Crippen LogP contribution is 2.25. The van der Waals surface area contributed by atoms with Crippen LogP contribution >= 0.6 is 11.6 Å². The zero-order valence-corrected chi connectivity index (χ0v) is 12.9. The Morgan fingerprint density at radius 1 is 1.40 bits per heavy atom. The van der Waals surface area contributed by atoms with E-state index in [1.165, 1.54) is 19.3 Å². The Bertz CT molecular complexity index is 476. The van der Waals surface area contributed by atoms with Gasteiger partial charge >= 0.3 is 0 Å². The number of benzene rings is 1. The molecule has 0 aromatic heterocycles. The number of carbonyl (C=O) groups excluding carboxylic acids is 1. The molecule has 4 heteroatoms. The van der Waals surface area contributed by atoms with Crippen LogP contribution in [0.4, 0.5) is 0 Å². The molecule has 1 aromatic rings. The molecule has 0 spiro atoms. The molecule has 1 atom stereocenters.